The summed E-state index contributed by atoms with van der Waals surface area (Å²) >= 11 is 5.93. The van der Waals surface area contributed by atoms with Gasteiger partial charge in [-0.3, -0.25) is 4.72 Å². The van der Waals surface area contributed by atoms with E-state index >= 15 is 0 Å². The average molecular weight is 437 g/mol. The van der Waals surface area contributed by atoms with Crippen molar-refractivity contribution in [1.29, 1.82) is 0 Å². The second-order valence-electron chi connectivity index (χ2n) is 7.79. The Kier molecular flexibility index (Phi) is 5.44. The van der Waals surface area contributed by atoms with Gasteiger partial charge in [0.05, 0.1) is 21.2 Å². The molecule has 3 aromatic rings. The third kappa shape index (κ3) is 4.13. The van der Waals surface area contributed by atoms with Gasteiger partial charge in [0.15, 0.2) is 11.6 Å². The number of aryl methyl sites for hydroxylation is 1. The number of halogens is 2. The number of hydrogen-bond donors (Lipinski definition) is 1. The van der Waals surface area contributed by atoms with Gasteiger partial charge in [-0.1, -0.05) is 44.5 Å². The molecule has 6 nitrogen and oxygen atoms in total. The molecular weight excluding hydrogens is 415 g/mol. The fraction of sp³-hybridized carbons (Fsp3) is 0.300. The molecule has 2 aromatic carbocycles. The molecule has 1 heterocycles. The van der Waals surface area contributed by atoms with Crippen molar-refractivity contribution in [3.8, 4) is 11.4 Å². The van der Waals surface area contributed by atoms with E-state index in [1.54, 1.807) is 30.7 Å². The first-order valence-electron chi connectivity index (χ1n) is 8.89. The van der Waals surface area contributed by atoms with E-state index in [1.165, 1.54) is 24.3 Å². The van der Waals surface area contributed by atoms with Crippen molar-refractivity contribution in [2.45, 2.75) is 38.0 Å². The predicted molar refractivity (Wildman–Crippen MR) is 112 cm³/mol. The van der Waals surface area contributed by atoms with E-state index in [0.717, 1.165) is 5.56 Å². The van der Waals surface area contributed by atoms with Crippen LogP contribution in [0.1, 0.15) is 32.2 Å². The minimum absolute atomic E-state index is 0.0299. The van der Waals surface area contributed by atoms with Gasteiger partial charge >= 0.3 is 0 Å². The normalized spacial score (nSPS) is 12.2. The molecule has 1 aromatic heterocycles. The number of anilines is 1. The van der Waals surface area contributed by atoms with Crippen LogP contribution in [0.5, 0.6) is 0 Å². The van der Waals surface area contributed by atoms with Crippen LogP contribution in [-0.2, 0) is 22.5 Å². The quantitative estimate of drug-likeness (QED) is 0.644. The number of rotatable bonds is 4. The Morgan fingerprint density at radius 1 is 1.07 bits per heavy atom. The first-order chi connectivity index (χ1) is 13.4. The van der Waals surface area contributed by atoms with Crippen LogP contribution in [0.15, 0.2) is 41.3 Å². The summed E-state index contributed by atoms with van der Waals surface area (Å²) in [6.07, 6.45) is 0. The lowest BCUT2D eigenvalue weighted by molar-refractivity contribution is 0.587. The van der Waals surface area contributed by atoms with Gasteiger partial charge in [-0.05, 0) is 42.2 Å². The Balaban J connectivity index is 2.06. The molecule has 0 saturated carbocycles. The van der Waals surface area contributed by atoms with Crippen LogP contribution in [0.25, 0.3) is 11.4 Å². The molecule has 0 amide bonds. The summed E-state index contributed by atoms with van der Waals surface area (Å²) in [7, 11) is -2.30. The van der Waals surface area contributed by atoms with Gasteiger partial charge in [-0.25, -0.2) is 12.8 Å². The van der Waals surface area contributed by atoms with Gasteiger partial charge < -0.3 is 4.57 Å². The Morgan fingerprint density at radius 3 is 2.21 bits per heavy atom. The second-order valence-corrected chi connectivity index (χ2v) is 9.88. The van der Waals surface area contributed by atoms with Crippen molar-refractivity contribution in [3.05, 3.63) is 58.6 Å². The van der Waals surface area contributed by atoms with Crippen LogP contribution in [0.2, 0.25) is 5.02 Å². The van der Waals surface area contributed by atoms with E-state index in [4.69, 9.17) is 11.6 Å². The summed E-state index contributed by atoms with van der Waals surface area (Å²) in [5.74, 6) is -0.0559. The van der Waals surface area contributed by atoms with E-state index < -0.39 is 15.8 Å². The molecule has 0 saturated heterocycles. The Morgan fingerprint density at radius 2 is 1.69 bits per heavy atom. The maximum Gasteiger partial charge on any atom is 0.261 e. The standard InChI is InChI=1S/C20H22ClFN4O2S/c1-12-23-24-19(26(12)5)17-16(11-10-15(21)18(17)22)25-29(27,28)14-8-6-13(7-9-14)20(2,3)4/h6-11,25H,1-5H3. The monoisotopic (exact) mass is 436 g/mol. The summed E-state index contributed by atoms with van der Waals surface area (Å²) in [5.41, 5.74) is 0.868. The van der Waals surface area contributed by atoms with Gasteiger partial charge in [0.1, 0.15) is 5.82 Å². The third-order valence-corrected chi connectivity index (χ3v) is 6.36. The molecule has 0 bridgehead atoms. The lowest BCUT2D eigenvalue weighted by atomic mass is 9.87. The van der Waals surface area contributed by atoms with Gasteiger partial charge in [0.2, 0.25) is 0 Å². The summed E-state index contributed by atoms with van der Waals surface area (Å²) in [5, 5.41) is 7.75. The molecule has 0 atom stereocenters. The molecule has 3 rings (SSSR count). The maximum atomic E-state index is 14.9. The highest BCUT2D eigenvalue weighted by Gasteiger charge is 2.24. The van der Waals surface area contributed by atoms with Crippen LogP contribution >= 0.6 is 11.6 Å². The summed E-state index contributed by atoms with van der Waals surface area (Å²) < 4.78 is 44.7. The lowest BCUT2D eigenvalue weighted by Crippen LogP contribution is -2.16. The molecule has 154 valence electrons. The molecule has 0 aliphatic heterocycles. The number of aromatic nitrogens is 3. The van der Waals surface area contributed by atoms with Crippen molar-refractivity contribution >= 4 is 27.3 Å². The Labute approximate surface area is 174 Å². The zero-order valence-electron chi connectivity index (χ0n) is 16.8. The van der Waals surface area contributed by atoms with Gasteiger partial charge in [0.25, 0.3) is 10.0 Å². The third-order valence-electron chi connectivity index (χ3n) is 4.69. The fourth-order valence-electron chi connectivity index (χ4n) is 2.82. The van der Waals surface area contributed by atoms with Gasteiger partial charge in [-0.15, -0.1) is 10.2 Å². The van der Waals surface area contributed by atoms with E-state index in [2.05, 4.69) is 14.9 Å². The van der Waals surface area contributed by atoms with Crippen LogP contribution in [0.3, 0.4) is 0 Å². The number of sulfonamides is 1. The predicted octanol–water partition coefficient (Wildman–Crippen LogP) is 4.68. The van der Waals surface area contributed by atoms with Gasteiger partial charge in [0, 0.05) is 7.05 Å². The molecule has 1 N–H and O–H groups in total. The first kappa shape index (κ1) is 21.3. The molecule has 29 heavy (non-hydrogen) atoms. The number of benzene rings is 2. The van der Waals surface area contributed by atoms with Gasteiger partial charge in [-0.2, -0.15) is 0 Å². The molecule has 0 radical (unpaired) electrons. The van der Waals surface area contributed by atoms with E-state index in [0.29, 0.717) is 5.82 Å². The van der Waals surface area contributed by atoms with Crippen LogP contribution in [0, 0.1) is 12.7 Å². The fourth-order valence-corrected chi connectivity index (χ4v) is 4.05. The maximum absolute atomic E-state index is 14.9. The minimum atomic E-state index is -3.96. The molecule has 0 spiro atoms. The average Bonchev–Trinajstić information content (AvgIpc) is 2.97. The zero-order chi connectivity index (χ0) is 21.6. The highest BCUT2D eigenvalue weighted by atomic mass is 35.5. The lowest BCUT2D eigenvalue weighted by Gasteiger charge is -2.19. The molecule has 9 heteroatoms. The van der Waals surface area contributed by atoms with Crippen LogP contribution < -0.4 is 4.72 Å². The van der Waals surface area contributed by atoms with Crippen molar-refractivity contribution in [2.75, 3.05) is 4.72 Å². The van der Waals surface area contributed by atoms with Crippen LogP contribution in [-0.4, -0.2) is 23.2 Å². The summed E-state index contributed by atoms with van der Waals surface area (Å²) in [6, 6.07) is 9.30. The number of nitrogens with one attached hydrogen (secondary N) is 1. The van der Waals surface area contributed by atoms with E-state index in [1.807, 2.05) is 20.8 Å². The Hall–Kier alpha value is -2.45. The molecular formula is C20H22ClFN4O2S. The Bertz CT molecular complexity index is 1170. The van der Waals surface area contributed by atoms with Crippen molar-refractivity contribution in [1.82, 2.24) is 14.8 Å². The second kappa shape index (κ2) is 7.42. The van der Waals surface area contributed by atoms with E-state index in [-0.39, 0.29) is 32.4 Å². The molecule has 0 aliphatic carbocycles. The highest BCUT2D eigenvalue weighted by molar-refractivity contribution is 7.92. The SMILES string of the molecule is Cc1nnc(-c2c(NS(=O)(=O)c3ccc(C(C)(C)C)cc3)ccc(Cl)c2F)n1C. The highest BCUT2D eigenvalue weighted by Crippen LogP contribution is 2.35. The van der Waals surface area contributed by atoms with Crippen molar-refractivity contribution in [3.63, 3.8) is 0 Å². The van der Waals surface area contributed by atoms with Crippen molar-refractivity contribution in [2.24, 2.45) is 7.05 Å². The molecule has 0 fully saturated rings. The summed E-state index contributed by atoms with van der Waals surface area (Å²) in [6.45, 7) is 7.83. The van der Waals surface area contributed by atoms with Crippen LogP contribution in [0.4, 0.5) is 10.1 Å². The van der Waals surface area contributed by atoms with E-state index in [9.17, 15) is 12.8 Å². The number of hydrogen-bond acceptors (Lipinski definition) is 4. The molecule has 0 aliphatic rings. The van der Waals surface area contributed by atoms with Crippen molar-refractivity contribution < 1.29 is 12.8 Å². The minimum Gasteiger partial charge on any atom is -0.314 e. The summed E-state index contributed by atoms with van der Waals surface area (Å²) in [4.78, 5) is 0.0703. The zero-order valence-corrected chi connectivity index (χ0v) is 18.4. The number of nitrogens with zero attached hydrogens (tertiary/aromatic N) is 3. The largest absolute Gasteiger partial charge is 0.314 e. The smallest absolute Gasteiger partial charge is 0.261 e. The molecule has 0 unspecified atom stereocenters. The topological polar surface area (TPSA) is 76.9 Å². The first-order valence-corrected chi connectivity index (χ1v) is 10.8.